The first-order valence-corrected chi connectivity index (χ1v) is 9.89. The third-order valence-electron chi connectivity index (χ3n) is 4.79. The first kappa shape index (κ1) is 19.3. The van der Waals surface area contributed by atoms with Crippen molar-refractivity contribution in [3.63, 3.8) is 0 Å². The van der Waals surface area contributed by atoms with E-state index in [1.54, 1.807) is 11.7 Å². The van der Waals surface area contributed by atoms with Gasteiger partial charge in [0.25, 0.3) is 5.56 Å². The van der Waals surface area contributed by atoms with Gasteiger partial charge in [-0.15, -0.1) is 11.3 Å². The molecule has 3 rings (SSSR count). The highest BCUT2D eigenvalue weighted by atomic mass is 32.1. The monoisotopic (exact) mass is 381 g/mol. The van der Waals surface area contributed by atoms with Gasteiger partial charge >= 0.3 is 0 Å². The zero-order valence-electron chi connectivity index (χ0n) is 15.9. The summed E-state index contributed by atoms with van der Waals surface area (Å²) < 4.78 is 6.89. The molecule has 0 aliphatic rings. The molecular formula is C21H23N3O2S. The predicted octanol–water partition coefficient (Wildman–Crippen LogP) is 4.23. The van der Waals surface area contributed by atoms with Crippen molar-refractivity contribution in [3.8, 4) is 17.2 Å². The summed E-state index contributed by atoms with van der Waals surface area (Å²) in [5, 5.41) is 11.5. The van der Waals surface area contributed by atoms with Crippen molar-refractivity contribution >= 4 is 21.6 Å². The minimum absolute atomic E-state index is 0.0291. The smallest absolute Gasteiger partial charge is 0.262 e. The summed E-state index contributed by atoms with van der Waals surface area (Å²) in [4.78, 5) is 18.8. The molecule has 27 heavy (non-hydrogen) atoms. The topological polar surface area (TPSA) is 67.9 Å². The summed E-state index contributed by atoms with van der Waals surface area (Å²) in [6, 6.07) is 8.40. The summed E-state index contributed by atoms with van der Waals surface area (Å²) in [5.74, 6) is 0.723. The Balaban J connectivity index is 2.15. The zero-order valence-corrected chi connectivity index (χ0v) is 16.7. The van der Waals surface area contributed by atoms with Crippen LogP contribution in [-0.2, 0) is 17.7 Å². The van der Waals surface area contributed by atoms with Crippen molar-refractivity contribution in [1.82, 2.24) is 9.55 Å². The number of rotatable bonds is 7. The van der Waals surface area contributed by atoms with Crippen LogP contribution in [0.15, 0.2) is 28.4 Å². The molecule has 0 radical (unpaired) electrons. The maximum Gasteiger partial charge on any atom is 0.262 e. The molecule has 0 atom stereocenters. The van der Waals surface area contributed by atoms with Crippen molar-refractivity contribution in [2.45, 2.75) is 39.7 Å². The lowest BCUT2D eigenvalue weighted by molar-refractivity contribution is 0.199. The summed E-state index contributed by atoms with van der Waals surface area (Å²) in [7, 11) is 1.64. The lowest BCUT2D eigenvalue weighted by Crippen LogP contribution is -2.26. The van der Waals surface area contributed by atoms with Crippen LogP contribution in [-0.4, -0.2) is 23.3 Å². The normalized spacial score (nSPS) is 11.0. The fourth-order valence-electron chi connectivity index (χ4n) is 3.12. The Morgan fingerprint density at radius 2 is 2.11 bits per heavy atom. The van der Waals surface area contributed by atoms with Crippen LogP contribution in [0.5, 0.6) is 0 Å². The molecule has 0 saturated heterocycles. The third-order valence-corrected chi connectivity index (χ3v) is 5.66. The molecule has 0 bridgehead atoms. The van der Waals surface area contributed by atoms with E-state index in [1.807, 2.05) is 5.38 Å². The summed E-state index contributed by atoms with van der Waals surface area (Å²) >= 11 is 1.50. The predicted molar refractivity (Wildman–Crippen MR) is 109 cm³/mol. The summed E-state index contributed by atoms with van der Waals surface area (Å²) in [5.41, 5.74) is 4.37. The number of fused-ring (bicyclic) bond motifs is 1. The summed E-state index contributed by atoms with van der Waals surface area (Å²) in [6.07, 6.45) is 1.62. The van der Waals surface area contributed by atoms with E-state index in [9.17, 15) is 4.79 Å². The van der Waals surface area contributed by atoms with Gasteiger partial charge in [0.15, 0.2) is 0 Å². The molecule has 0 fully saturated rings. The maximum atomic E-state index is 13.3. The van der Waals surface area contributed by atoms with Crippen LogP contribution in [0.2, 0.25) is 0 Å². The highest BCUT2D eigenvalue weighted by Crippen LogP contribution is 2.32. The Hall–Kier alpha value is -2.49. The van der Waals surface area contributed by atoms with E-state index in [2.05, 4.69) is 38.1 Å². The minimum atomic E-state index is -0.0291. The Morgan fingerprint density at radius 1 is 1.30 bits per heavy atom. The van der Waals surface area contributed by atoms with Gasteiger partial charge in [0, 0.05) is 37.4 Å². The van der Waals surface area contributed by atoms with Crippen LogP contribution in [0.3, 0.4) is 0 Å². The molecule has 0 spiro atoms. The second-order valence-electron chi connectivity index (χ2n) is 6.62. The molecule has 5 nitrogen and oxygen atoms in total. The summed E-state index contributed by atoms with van der Waals surface area (Å²) in [6.45, 7) is 5.16. The van der Waals surface area contributed by atoms with Gasteiger partial charge in [-0.3, -0.25) is 9.36 Å². The van der Waals surface area contributed by atoms with E-state index in [-0.39, 0.29) is 5.56 Å². The Morgan fingerprint density at radius 3 is 2.81 bits per heavy atom. The number of benzene rings is 1. The van der Waals surface area contributed by atoms with Gasteiger partial charge in [-0.25, -0.2) is 4.98 Å². The highest BCUT2D eigenvalue weighted by Gasteiger charge is 2.17. The molecule has 0 saturated carbocycles. The fourth-order valence-corrected chi connectivity index (χ4v) is 4.08. The lowest BCUT2D eigenvalue weighted by atomic mass is 10.0. The Bertz CT molecular complexity index is 1060. The van der Waals surface area contributed by atoms with Crippen molar-refractivity contribution in [2.75, 3.05) is 13.7 Å². The van der Waals surface area contributed by atoms with Gasteiger partial charge in [-0.1, -0.05) is 18.2 Å². The van der Waals surface area contributed by atoms with E-state index in [0.29, 0.717) is 37.8 Å². The number of aromatic nitrogens is 2. The van der Waals surface area contributed by atoms with Crippen LogP contribution in [0.4, 0.5) is 0 Å². The maximum absolute atomic E-state index is 13.3. The second-order valence-corrected chi connectivity index (χ2v) is 7.48. The number of hydrogen-bond donors (Lipinski definition) is 0. The largest absolute Gasteiger partial charge is 0.384 e. The number of ether oxygens (including phenoxy) is 1. The standard InChI is InChI=1S/C21H23N3O2S/c1-14-6-7-16(12-15(14)2)17-13-27-20-19(17)21(25)24(10-5-4-9-22)18(23-20)8-11-26-3/h6-7,12-13H,4-5,8,10-11H2,1-3H3. The van der Waals surface area contributed by atoms with Crippen molar-refractivity contribution < 1.29 is 4.74 Å². The molecule has 1 aromatic carbocycles. The number of thiophene rings is 1. The number of unbranched alkanes of at least 4 members (excludes halogenated alkanes) is 1. The van der Waals surface area contributed by atoms with Crippen molar-refractivity contribution in [2.24, 2.45) is 0 Å². The number of aryl methyl sites for hydroxylation is 2. The molecule has 3 aromatic rings. The van der Waals surface area contributed by atoms with Crippen molar-refractivity contribution in [3.05, 3.63) is 50.9 Å². The third kappa shape index (κ3) is 3.95. The molecule has 140 valence electrons. The molecule has 0 aliphatic heterocycles. The molecule has 2 heterocycles. The highest BCUT2D eigenvalue weighted by molar-refractivity contribution is 7.17. The average Bonchev–Trinajstić information content (AvgIpc) is 3.08. The van der Waals surface area contributed by atoms with Gasteiger partial charge < -0.3 is 4.74 Å². The van der Waals surface area contributed by atoms with Gasteiger partial charge in [0.2, 0.25) is 0 Å². The van der Waals surface area contributed by atoms with Crippen LogP contribution in [0.25, 0.3) is 21.3 Å². The van der Waals surface area contributed by atoms with Gasteiger partial charge in [0.05, 0.1) is 18.1 Å². The van der Waals surface area contributed by atoms with Crippen LogP contribution < -0.4 is 5.56 Å². The first-order valence-electron chi connectivity index (χ1n) is 9.01. The number of nitriles is 1. The molecule has 0 N–H and O–H groups in total. The van der Waals surface area contributed by atoms with Gasteiger partial charge in [0.1, 0.15) is 10.7 Å². The van der Waals surface area contributed by atoms with Crippen LogP contribution in [0.1, 0.15) is 29.8 Å². The van der Waals surface area contributed by atoms with E-state index >= 15 is 0 Å². The molecule has 2 aromatic heterocycles. The number of methoxy groups -OCH3 is 1. The molecule has 0 amide bonds. The van der Waals surface area contributed by atoms with Crippen LogP contribution >= 0.6 is 11.3 Å². The minimum Gasteiger partial charge on any atom is -0.384 e. The van der Waals surface area contributed by atoms with Crippen molar-refractivity contribution in [1.29, 1.82) is 5.26 Å². The first-order chi connectivity index (χ1) is 13.1. The van der Waals surface area contributed by atoms with E-state index in [0.717, 1.165) is 21.8 Å². The second kappa shape index (κ2) is 8.47. The zero-order chi connectivity index (χ0) is 19.4. The molecule has 6 heteroatoms. The molecule has 0 aliphatic carbocycles. The van der Waals surface area contributed by atoms with Crippen LogP contribution in [0, 0.1) is 25.2 Å². The Kier molecular flexibility index (Phi) is 6.04. The fraction of sp³-hybridized carbons (Fsp3) is 0.381. The number of hydrogen-bond acceptors (Lipinski definition) is 5. The average molecular weight is 382 g/mol. The van der Waals surface area contributed by atoms with Gasteiger partial charge in [-0.2, -0.15) is 5.26 Å². The van der Waals surface area contributed by atoms with E-state index in [4.69, 9.17) is 15.0 Å². The van der Waals surface area contributed by atoms with E-state index in [1.165, 1.54) is 22.5 Å². The van der Waals surface area contributed by atoms with Gasteiger partial charge in [-0.05, 0) is 37.0 Å². The quantitative estimate of drug-likeness (QED) is 0.574. The SMILES string of the molecule is COCCc1nc2scc(-c3ccc(C)c(C)c3)c2c(=O)n1CCCC#N. The molecule has 0 unspecified atom stereocenters. The molecular weight excluding hydrogens is 358 g/mol. The Labute approximate surface area is 162 Å². The number of nitrogens with zero attached hydrogens (tertiary/aromatic N) is 3. The lowest BCUT2D eigenvalue weighted by Gasteiger charge is -2.12. The van der Waals surface area contributed by atoms with E-state index < -0.39 is 0 Å².